The first-order valence-electron chi connectivity index (χ1n) is 6.25. The number of carbonyl (C=O) groups excluding carboxylic acids is 1. The van der Waals surface area contributed by atoms with Crippen LogP contribution in [0.15, 0.2) is 22.8 Å². The van der Waals surface area contributed by atoms with Gasteiger partial charge >= 0.3 is 0 Å². The standard InChI is InChI=1S/C13H20N2O2.ClH/c1-15(10-12-5-3-9-17-12)13(16)7-6-11-4-2-8-14-11;/h3,5,9,11,14H,2,4,6-8,10H2,1H3;1H. The second-order valence-electron chi connectivity index (χ2n) is 4.66. The van der Waals surface area contributed by atoms with Crippen LogP contribution in [-0.2, 0) is 11.3 Å². The summed E-state index contributed by atoms with van der Waals surface area (Å²) in [6.45, 7) is 1.66. The smallest absolute Gasteiger partial charge is 0.222 e. The van der Waals surface area contributed by atoms with Crippen LogP contribution in [0.4, 0.5) is 0 Å². The van der Waals surface area contributed by atoms with E-state index in [9.17, 15) is 4.79 Å². The van der Waals surface area contributed by atoms with Crippen molar-refractivity contribution in [2.24, 2.45) is 0 Å². The van der Waals surface area contributed by atoms with Gasteiger partial charge in [-0.15, -0.1) is 12.4 Å². The van der Waals surface area contributed by atoms with Gasteiger partial charge in [0.15, 0.2) is 0 Å². The third-order valence-electron chi connectivity index (χ3n) is 3.27. The summed E-state index contributed by atoms with van der Waals surface area (Å²) in [6, 6.07) is 4.27. The molecule has 1 aromatic rings. The highest BCUT2D eigenvalue weighted by molar-refractivity contribution is 5.85. The molecule has 0 spiro atoms. The minimum Gasteiger partial charge on any atom is -0.467 e. The van der Waals surface area contributed by atoms with Gasteiger partial charge in [0.25, 0.3) is 0 Å². The average molecular weight is 273 g/mol. The van der Waals surface area contributed by atoms with Crippen LogP contribution in [0, 0.1) is 0 Å². The minimum atomic E-state index is 0. The highest BCUT2D eigenvalue weighted by atomic mass is 35.5. The number of hydrogen-bond donors (Lipinski definition) is 1. The van der Waals surface area contributed by atoms with E-state index in [1.165, 1.54) is 12.8 Å². The second kappa shape index (κ2) is 7.44. The molecule has 1 N–H and O–H groups in total. The molecule has 0 saturated carbocycles. The molecule has 0 radical (unpaired) electrons. The van der Waals surface area contributed by atoms with Gasteiger partial charge < -0.3 is 14.6 Å². The highest BCUT2D eigenvalue weighted by Crippen LogP contribution is 2.12. The van der Waals surface area contributed by atoms with E-state index >= 15 is 0 Å². The van der Waals surface area contributed by atoms with Gasteiger partial charge in [0.1, 0.15) is 5.76 Å². The van der Waals surface area contributed by atoms with Crippen molar-refractivity contribution >= 4 is 18.3 Å². The van der Waals surface area contributed by atoms with Crippen molar-refractivity contribution in [1.29, 1.82) is 0 Å². The number of nitrogens with one attached hydrogen (secondary N) is 1. The van der Waals surface area contributed by atoms with E-state index in [-0.39, 0.29) is 18.3 Å². The average Bonchev–Trinajstić information content (AvgIpc) is 2.98. The monoisotopic (exact) mass is 272 g/mol. The quantitative estimate of drug-likeness (QED) is 0.894. The summed E-state index contributed by atoms with van der Waals surface area (Å²) in [4.78, 5) is 13.6. The lowest BCUT2D eigenvalue weighted by Gasteiger charge is -2.17. The third-order valence-corrected chi connectivity index (χ3v) is 3.27. The van der Waals surface area contributed by atoms with Gasteiger partial charge in [-0.2, -0.15) is 0 Å². The Morgan fingerprint density at radius 2 is 2.44 bits per heavy atom. The molecule has 0 aliphatic carbocycles. The van der Waals surface area contributed by atoms with Gasteiger partial charge in [-0.05, 0) is 37.9 Å². The molecule has 1 aromatic heterocycles. The third kappa shape index (κ3) is 4.35. The normalized spacial score (nSPS) is 18.4. The molecule has 0 bridgehead atoms. The lowest BCUT2D eigenvalue weighted by Crippen LogP contribution is -2.28. The van der Waals surface area contributed by atoms with Crippen molar-refractivity contribution in [2.75, 3.05) is 13.6 Å². The van der Waals surface area contributed by atoms with Crippen LogP contribution < -0.4 is 5.32 Å². The number of furan rings is 1. The number of rotatable bonds is 5. The Bertz CT molecular complexity index is 348. The predicted octanol–water partition coefficient (Wildman–Crippen LogP) is 2.19. The lowest BCUT2D eigenvalue weighted by atomic mass is 10.1. The highest BCUT2D eigenvalue weighted by Gasteiger charge is 2.17. The van der Waals surface area contributed by atoms with Crippen molar-refractivity contribution in [3.63, 3.8) is 0 Å². The Hall–Kier alpha value is -1.00. The van der Waals surface area contributed by atoms with E-state index in [2.05, 4.69) is 5.32 Å². The number of nitrogens with zero attached hydrogens (tertiary/aromatic N) is 1. The van der Waals surface area contributed by atoms with E-state index in [4.69, 9.17) is 4.42 Å². The SMILES string of the molecule is CN(Cc1ccco1)C(=O)CCC1CCCN1.Cl. The van der Waals surface area contributed by atoms with Gasteiger partial charge in [-0.25, -0.2) is 0 Å². The zero-order valence-electron chi connectivity index (χ0n) is 10.7. The van der Waals surface area contributed by atoms with Crippen LogP contribution in [0.25, 0.3) is 0 Å². The van der Waals surface area contributed by atoms with Crippen LogP contribution in [-0.4, -0.2) is 30.4 Å². The van der Waals surface area contributed by atoms with Crippen molar-refractivity contribution in [3.05, 3.63) is 24.2 Å². The maximum Gasteiger partial charge on any atom is 0.222 e. The van der Waals surface area contributed by atoms with Crippen LogP contribution in [0.3, 0.4) is 0 Å². The first-order chi connectivity index (χ1) is 8.25. The summed E-state index contributed by atoms with van der Waals surface area (Å²) < 4.78 is 5.23. The van der Waals surface area contributed by atoms with Crippen molar-refractivity contribution < 1.29 is 9.21 Å². The summed E-state index contributed by atoms with van der Waals surface area (Å²) in [6.07, 6.45) is 5.64. The zero-order chi connectivity index (χ0) is 12.1. The summed E-state index contributed by atoms with van der Waals surface area (Å²) in [5, 5.41) is 3.41. The molecular formula is C13H21ClN2O2. The van der Waals surface area contributed by atoms with E-state index in [1.54, 1.807) is 11.2 Å². The summed E-state index contributed by atoms with van der Waals surface area (Å²) in [5.74, 6) is 1.02. The fourth-order valence-corrected chi connectivity index (χ4v) is 2.22. The predicted molar refractivity (Wildman–Crippen MR) is 72.7 cm³/mol. The number of amides is 1. The first-order valence-corrected chi connectivity index (χ1v) is 6.25. The van der Waals surface area contributed by atoms with Crippen LogP contribution >= 0.6 is 12.4 Å². The van der Waals surface area contributed by atoms with Gasteiger partial charge in [-0.3, -0.25) is 4.79 Å². The fourth-order valence-electron chi connectivity index (χ4n) is 2.22. The number of hydrogen-bond acceptors (Lipinski definition) is 3. The zero-order valence-corrected chi connectivity index (χ0v) is 11.5. The Labute approximate surface area is 114 Å². The Balaban J connectivity index is 0.00000162. The van der Waals surface area contributed by atoms with E-state index in [0.29, 0.717) is 19.0 Å². The molecular weight excluding hydrogens is 252 g/mol. The Kier molecular flexibility index (Phi) is 6.22. The maximum atomic E-state index is 11.9. The fraction of sp³-hybridized carbons (Fsp3) is 0.615. The molecule has 1 atom stereocenters. The molecule has 102 valence electrons. The molecule has 2 rings (SSSR count). The number of halogens is 1. The van der Waals surface area contributed by atoms with E-state index in [0.717, 1.165) is 18.7 Å². The Morgan fingerprint density at radius 1 is 1.61 bits per heavy atom. The topological polar surface area (TPSA) is 45.5 Å². The van der Waals surface area contributed by atoms with Crippen molar-refractivity contribution in [3.8, 4) is 0 Å². The van der Waals surface area contributed by atoms with Crippen LogP contribution in [0.5, 0.6) is 0 Å². The second-order valence-corrected chi connectivity index (χ2v) is 4.66. The first kappa shape index (κ1) is 15.1. The lowest BCUT2D eigenvalue weighted by molar-refractivity contribution is -0.130. The molecule has 1 aliphatic heterocycles. The van der Waals surface area contributed by atoms with Gasteiger partial charge in [0.2, 0.25) is 5.91 Å². The molecule has 1 saturated heterocycles. The minimum absolute atomic E-state index is 0. The summed E-state index contributed by atoms with van der Waals surface area (Å²) in [5.41, 5.74) is 0. The molecule has 1 aliphatic rings. The summed E-state index contributed by atoms with van der Waals surface area (Å²) in [7, 11) is 1.83. The van der Waals surface area contributed by atoms with Crippen molar-refractivity contribution in [1.82, 2.24) is 10.2 Å². The van der Waals surface area contributed by atoms with Gasteiger partial charge in [-0.1, -0.05) is 0 Å². The Morgan fingerprint density at radius 3 is 3.06 bits per heavy atom. The molecule has 5 heteroatoms. The molecule has 18 heavy (non-hydrogen) atoms. The van der Waals surface area contributed by atoms with Gasteiger partial charge in [0, 0.05) is 19.5 Å². The molecule has 0 aromatic carbocycles. The largest absolute Gasteiger partial charge is 0.467 e. The summed E-state index contributed by atoms with van der Waals surface area (Å²) >= 11 is 0. The molecule has 1 unspecified atom stereocenters. The van der Waals surface area contributed by atoms with Crippen molar-refractivity contribution in [2.45, 2.75) is 38.3 Å². The maximum absolute atomic E-state index is 11.9. The van der Waals surface area contributed by atoms with E-state index < -0.39 is 0 Å². The molecule has 1 amide bonds. The molecule has 4 nitrogen and oxygen atoms in total. The van der Waals surface area contributed by atoms with Crippen LogP contribution in [0.1, 0.15) is 31.4 Å². The van der Waals surface area contributed by atoms with E-state index in [1.807, 2.05) is 19.2 Å². The molecule has 1 fully saturated rings. The molecule has 2 heterocycles. The number of carbonyl (C=O) groups is 1. The van der Waals surface area contributed by atoms with Crippen LogP contribution in [0.2, 0.25) is 0 Å². The van der Waals surface area contributed by atoms with Gasteiger partial charge in [0.05, 0.1) is 12.8 Å².